The van der Waals surface area contributed by atoms with Gasteiger partial charge in [-0.1, -0.05) is 53.2 Å². The minimum absolute atomic E-state index is 0.177. The van der Waals surface area contributed by atoms with Crippen molar-refractivity contribution in [3.05, 3.63) is 96.2 Å². The standard InChI is InChI=1S/C23H19N3O4S/c1-16-7-13-20(14-8-16)31(28,29)26-19-11-9-18(10-12-19)25-23(27)21-15-24-30-22(21)17-5-3-2-4-6-17/h2-15,26H,1H3,(H,25,27). The normalized spacial score (nSPS) is 11.1. The van der Waals surface area contributed by atoms with Crippen LogP contribution < -0.4 is 10.0 Å². The zero-order valence-corrected chi connectivity index (χ0v) is 17.4. The van der Waals surface area contributed by atoms with Crippen LogP contribution in [0.4, 0.5) is 11.4 Å². The minimum Gasteiger partial charge on any atom is -0.355 e. The van der Waals surface area contributed by atoms with Gasteiger partial charge in [0.05, 0.1) is 11.1 Å². The smallest absolute Gasteiger partial charge is 0.261 e. The number of aryl methyl sites for hydroxylation is 1. The summed E-state index contributed by atoms with van der Waals surface area (Å²) in [6.45, 7) is 1.89. The van der Waals surface area contributed by atoms with E-state index in [0.29, 0.717) is 22.7 Å². The molecule has 8 heteroatoms. The fourth-order valence-electron chi connectivity index (χ4n) is 2.95. The monoisotopic (exact) mass is 433 g/mol. The minimum atomic E-state index is -3.70. The second-order valence-electron chi connectivity index (χ2n) is 6.88. The number of hydrogen-bond donors (Lipinski definition) is 2. The molecule has 0 fully saturated rings. The molecule has 0 aliphatic carbocycles. The van der Waals surface area contributed by atoms with Crippen molar-refractivity contribution in [3.8, 4) is 11.3 Å². The molecule has 0 saturated carbocycles. The second kappa shape index (κ2) is 8.45. The molecule has 2 N–H and O–H groups in total. The summed E-state index contributed by atoms with van der Waals surface area (Å²) in [5.74, 6) is -0.00586. The maximum absolute atomic E-state index is 12.7. The van der Waals surface area contributed by atoms with E-state index in [0.717, 1.165) is 11.1 Å². The van der Waals surface area contributed by atoms with Crippen LogP contribution in [0.2, 0.25) is 0 Å². The van der Waals surface area contributed by atoms with Crippen LogP contribution in [0.5, 0.6) is 0 Å². The van der Waals surface area contributed by atoms with Gasteiger partial charge in [-0.2, -0.15) is 0 Å². The average molecular weight is 433 g/mol. The highest BCUT2D eigenvalue weighted by atomic mass is 32.2. The Morgan fingerprint density at radius 2 is 1.52 bits per heavy atom. The number of benzene rings is 3. The first-order valence-corrected chi connectivity index (χ1v) is 10.9. The fraction of sp³-hybridized carbons (Fsp3) is 0.0435. The maximum Gasteiger partial charge on any atom is 0.261 e. The number of hydrogen-bond acceptors (Lipinski definition) is 5. The third-order valence-corrected chi connectivity index (χ3v) is 5.97. The van der Waals surface area contributed by atoms with Gasteiger partial charge in [-0.05, 0) is 43.3 Å². The van der Waals surface area contributed by atoms with E-state index in [4.69, 9.17) is 4.52 Å². The van der Waals surface area contributed by atoms with E-state index in [1.54, 1.807) is 48.5 Å². The summed E-state index contributed by atoms with van der Waals surface area (Å²) >= 11 is 0. The fourth-order valence-corrected chi connectivity index (χ4v) is 4.01. The summed E-state index contributed by atoms with van der Waals surface area (Å²) in [6, 6.07) is 22.2. The maximum atomic E-state index is 12.7. The van der Waals surface area contributed by atoms with Crippen molar-refractivity contribution in [3.63, 3.8) is 0 Å². The van der Waals surface area contributed by atoms with Crippen LogP contribution in [0.3, 0.4) is 0 Å². The van der Waals surface area contributed by atoms with Gasteiger partial charge in [0.2, 0.25) is 0 Å². The Morgan fingerprint density at radius 3 is 2.19 bits per heavy atom. The number of amides is 1. The molecule has 1 heterocycles. The molecule has 156 valence electrons. The van der Waals surface area contributed by atoms with Gasteiger partial charge in [0, 0.05) is 16.9 Å². The molecule has 0 radical (unpaired) electrons. The lowest BCUT2D eigenvalue weighted by molar-refractivity contribution is 0.102. The van der Waals surface area contributed by atoms with Gasteiger partial charge in [-0.15, -0.1) is 0 Å². The Balaban J connectivity index is 1.47. The van der Waals surface area contributed by atoms with Crippen LogP contribution in [0, 0.1) is 6.92 Å². The van der Waals surface area contributed by atoms with E-state index in [1.807, 2.05) is 37.3 Å². The number of anilines is 2. The van der Waals surface area contributed by atoms with Crippen LogP contribution in [-0.2, 0) is 10.0 Å². The van der Waals surface area contributed by atoms with Crippen molar-refractivity contribution in [2.24, 2.45) is 0 Å². The number of nitrogens with one attached hydrogen (secondary N) is 2. The number of sulfonamides is 1. The van der Waals surface area contributed by atoms with Gasteiger partial charge in [0.15, 0.2) is 5.76 Å². The van der Waals surface area contributed by atoms with Crippen LogP contribution >= 0.6 is 0 Å². The number of rotatable bonds is 6. The number of carbonyl (C=O) groups is 1. The molecule has 1 aromatic heterocycles. The molecule has 31 heavy (non-hydrogen) atoms. The number of carbonyl (C=O) groups excluding carboxylic acids is 1. The Morgan fingerprint density at radius 1 is 0.871 bits per heavy atom. The summed E-state index contributed by atoms with van der Waals surface area (Å²) in [7, 11) is -3.70. The van der Waals surface area contributed by atoms with Crippen molar-refractivity contribution in [1.82, 2.24) is 5.16 Å². The Bertz CT molecular complexity index is 1300. The summed E-state index contributed by atoms with van der Waals surface area (Å²) in [4.78, 5) is 12.9. The topological polar surface area (TPSA) is 101 Å². The Labute approximate surface area is 179 Å². The lowest BCUT2D eigenvalue weighted by Crippen LogP contribution is -2.14. The van der Waals surface area contributed by atoms with Crippen molar-refractivity contribution in [2.45, 2.75) is 11.8 Å². The molecule has 3 aromatic carbocycles. The first-order chi connectivity index (χ1) is 14.9. The third-order valence-electron chi connectivity index (χ3n) is 4.58. The average Bonchev–Trinajstić information content (AvgIpc) is 3.26. The number of aromatic nitrogens is 1. The molecule has 0 unspecified atom stereocenters. The molecule has 0 atom stereocenters. The molecule has 4 rings (SSSR count). The van der Waals surface area contributed by atoms with Gasteiger partial charge in [-0.25, -0.2) is 8.42 Å². The van der Waals surface area contributed by atoms with Gasteiger partial charge in [0.1, 0.15) is 5.56 Å². The predicted molar refractivity (Wildman–Crippen MR) is 118 cm³/mol. The van der Waals surface area contributed by atoms with E-state index < -0.39 is 10.0 Å². The predicted octanol–water partition coefficient (Wildman–Crippen LogP) is 4.70. The first kappa shape index (κ1) is 20.4. The zero-order chi connectivity index (χ0) is 21.8. The molecule has 0 spiro atoms. The summed E-state index contributed by atoms with van der Waals surface area (Å²) in [5, 5.41) is 6.50. The highest BCUT2D eigenvalue weighted by Gasteiger charge is 2.18. The summed E-state index contributed by atoms with van der Waals surface area (Å²) < 4.78 is 32.8. The van der Waals surface area contributed by atoms with Crippen LogP contribution in [0.1, 0.15) is 15.9 Å². The molecule has 0 bridgehead atoms. The van der Waals surface area contributed by atoms with E-state index in [9.17, 15) is 13.2 Å². The van der Waals surface area contributed by atoms with Gasteiger partial charge in [0.25, 0.3) is 15.9 Å². The SMILES string of the molecule is Cc1ccc(S(=O)(=O)Nc2ccc(NC(=O)c3cnoc3-c3ccccc3)cc2)cc1. The lowest BCUT2D eigenvalue weighted by atomic mass is 10.1. The molecule has 0 aliphatic heterocycles. The largest absolute Gasteiger partial charge is 0.355 e. The van der Waals surface area contributed by atoms with E-state index in [-0.39, 0.29) is 10.8 Å². The van der Waals surface area contributed by atoms with Crippen molar-refractivity contribution < 1.29 is 17.7 Å². The van der Waals surface area contributed by atoms with Gasteiger partial charge >= 0.3 is 0 Å². The van der Waals surface area contributed by atoms with Crippen LogP contribution in [0.25, 0.3) is 11.3 Å². The highest BCUT2D eigenvalue weighted by Crippen LogP contribution is 2.25. The van der Waals surface area contributed by atoms with Crippen molar-refractivity contribution in [2.75, 3.05) is 10.0 Å². The Kier molecular flexibility index (Phi) is 5.55. The summed E-state index contributed by atoms with van der Waals surface area (Å²) in [6.07, 6.45) is 1.36. The zero-order valence-electron chi connectivity index (χ0n) is 16.6. The van der Waals surface area contributed by atoms with Crippen LogP contribution in [-0.4, -0.2) is 19.5 Å². The highest BCUT2D eigenvalue weighted by molar-refractivity contribution is 7.92. The second-order valence-corrected chi connectivity index (χ2v) is 8.57. The molecule has 4 aromatic rings. The lowest BCUT2D eigenvalue weighted by Gasteiger charge is -2.10. The van der Waals surface area contributed by atoms with Crippen LogP contribution in [0.15, 0.2) is 94.5 Å². The van der Waals surface area contributed by atoms with Crippen molar-refractivity contribution in [1.29, 1.82) is 0 Å². The molecular weight excluding hydrogens is 414 g/mol. The molecule has 0 aliphatic rings. The third kappa shape index (κ3) is 4.65. The van der Waals surface area contributed by atoms with E-state index in [2.05, 4.69) is 15.2 Å². The first-order valence-electron chi connectivity index (χ1n) is 9.43. The van der Waals surface area contributed by atoms with Crippen molar-refractivity contribution >= 4 is 27.3 Å². The van der Waals surface area contributed by atoms with E-state index >= 15 is 0 Å². The van der Waals surface area contributed by atoms with Gasteiger partial charge < -0.3 is 9.84 Å². The van der Waals surface area contributed by atoms with E-state index in [1.165, 1.54) is 6.20 Å². The summed E-state index contributed by atoms with van der Waals surface area (Å²) in [5.41, 5.74) is 2.90. The molecule has 7 nitrogen and oxygen atoms in total. The molecular formula is C23H19N3O4S. The molecule has 1 amide bonds. The number of nitrogens with zero attached hydrogens (tertiary/aromatic N) is 1. The molecule has 0 saturated heterocycles. The Hall–Kier alpha value is -3.91. The quantitative estimate of drug-likeness (QED) is 0.459. The van der Waals surface area contributed by atoms with Gasteiger partial charge in [-0.3, -0.25) is 9.52 Å².